The van der Waals surface area contributed by atoms with Gasteiger partial charge in [0, 0.05) is 49.0 Å². The Morgan fingerprint density at radius 3 is 2.65 bits per heavy atom. The number of aromatic nitrogens is 6. The van der Waals surface area contributed by atoms with Gasteiger partial charge in [-0.3, -0.25) is 14.4 Å². The summed E-state index contributed by atoms with van der Waals surface area (Å²) in [5.74, 6) is -3.13. The monoisotopic (exact) mass is 664 g/mol. The standard InChI is InChI=1S/C29H28N8O7S2/c1-3-36-12-18(21(38)17-10-7-11-30-23(17)36)28(43)44-22(15-8-5-4-6-9-15)24(39)31-19-25(40)37-20(27(41)42)16(13-45-26(19)37)14-46-29-32-33-34-35(29)2/h4-12,16,19-20,22,26H,3,13-14H2,1-2H3,(H,31,39)(H,41,42). The predicted molar refractivity (Wildman–Crippen MR) is 166 cm³/mol. The number of hydrogen-bond donors (Lipinski definition) is 2. The first-order valence-corrected chi connectivity index (χ1v) is 16.3. The maximum absolute atomic E-state index is 13.7. The molecule has 238 valence electrons. The van der Waals surface area contributed by atoms with E-state index in [2.05, 4.69) is 25.8 Å². The maximum Gasteiger partial charge on any atom is 0.344 e. The van der Waals surface area contributed by atoms with Crippen LogP contribution in [0.1, 0.15) is 28.9 Å². The van der Waals surface area contributed by atoms with Crippen molar-refractivity contribution in [3.05, 3.63) is 76.2 Å². The number of thioether (sulfide) groups is 2. The van der Waals surface area contributed by atoms with Gasteiger partial charge in [0.1, 0.15) is 28.7 Å². The van der Waals surface area contributed by atoms with Crippen LogP contribution in [0.15, 0.2) is 64.8 Å². The number of β-lactam (4-membered cyclic amide) rings is 1. The first kappa shape index (κ1) is 31.2. The van der Waals surface area contributed by atoms with Crippen LogP contribution in [0.25, 0.3) is 11.0 Å². The van der Waals surface area contributed by atoms with Crippen molar-refractivity contribution in [1.29, 1.82) is 0 Å². The second kappa shape index (κ2) is 12.9. The molecule has 0 spiro atoms. The van der Waals surface area contributed by atoms with Crippen LogP contribution in [-0.4, -0.2) is 92.5 Å². The fourth-order valence-corrected chi connectivity index (χ4v) is 8.17. The second-order valence-corrected chi connectivity index (χ2v) is 12.8. The number of aryl methyl sites for hydroxylation is 2. The number of aliphatic carboxylic acids is 1. The zero-order chi connectivity index (χ0) is 32.5. The second-order valence-electron chi connectivity index (χ2n) is 10.6. The Hall–Kier alpha value is -4.77. The minimum atomic E-state index is -1.50. The van der Waals surface area contributed by atoms with Gasteiger partial charge in [-0.2, -0.15) is 0 Å². The molecule has 0 aliphatic carbocycles. The van der Waals surface area contributed by atoms with E-state index >= 15 is 0 Å². The minimum absolute atomic E-state index is 0.229. The quantitative estimate of drug-likeness (QED) is 0.139. The number of hydrogen-bond acceptors (Lipinski definition) is 12. The Morgan fingerprint density at radius 2 is 1.96 bits per heavy atom. The molecular weight excluding hydrogens is 637 g/mol. The number of ether oxygens (including phenoxy) is 1. The molecule has 2 aliphatic rings. The highest BCUT2D eigenvalue weighted by molar-refractivity contribution is 8.00. The molecule has 4 aromatic rings. The molecule has 2 N–H and O–H groups in total. The van der Waals surface area contributed by atoms with Gasteiger partial charge in [-0.1, -0.05) is 42.1 Å². The summed E-state index contributed by atoms with van der Waals surface area (Å²) in [6.45, 7) is 2.26. The van der Waals surface area contributed by atoms with Gasteiger partial charge in [0.2, 0.25) is 22.6 Å². The molecule has 5 unspecified atom stereocenters. The van der Waals surface area contributed by atoms with Crippen molar-refractivity contribution >= 4 is 58.3 Å². The number of nitrogens with zero attached hydrogens (tertiary/aromatic N) is 7. The maximum atomic E-state index is 13.7. The lowest BCUT2D eigenvalue weighted by atomic mass is 9.94. The highest BCUT2D eigenvalue weighted by Crippen LogP contribution is 2.42. The summed E-state index contributed by atoms with van der Waals surface area (Å²) < 4.78 is 8.80. The van der Waals surface area contributed by atoms with Gasteiger partial charge in [0.15, 0.2) is 0 Å². The van der Waals surface area contributed by atoms with Gasteiger partial charge in [-0.15, -0.1) is 16.9 Å². The Bertz CT molecular complexity index is 1880. The van der Waals surface area contributed by atoms with Crippen molar-refractivity contribution in [3.63, 3.8) is 0 Å². The van der Waals surface area contributed by atoms with Gasteiger partial charge < -0.3 is 24.6 Å². The zero-order valence-corrected chi connectivity index (χ0v) is 26.2. The lowest BCUT2D eigenvalue weighted by Crippen LogP contribution is -2.76. The first-order valence-electron chi connectivity index (χ1n) is 14.3. The van der Waals surface area contributed by atoms with Gasteiger partial charge >= 0.3 is 11.9 Å². The van der Waals surface area contributed by atoms with Crippen LogP contribution in [0.2, 0.25) is 0 Å². The van der Waals surface area contributed by atoms with Crippen LogP contribution in [-0.2, 0) is 32.7 Å². The van der Waals surface area contributed by atoms with Gasteiger partial charge in [0.05, 0.1) is 5.39 Å². The molecule has 17 heteroatoms. The van der Waals surface area contributed by atoms with Crippen molar-refractivity contribution in [3.8, 4) is 0 Å². The van der Waals surface area contributed by atoms with E-state index in [0.29, 0.717) is 34.4 Å². The van der Waals surface area contributed by atoms with Crippen molar-refractivity contribution < 1.29 is 29.0 Å². The Kier molecular flexibility index (Phi) is 8.77. The first-order chi connectivity index (χ1) is 22.2. The summed E-state index contributed by atoms with van der Waals surface area (Å²) in [5.41, 5.74) is -0.121. The summed E-state index contributed by atoms with van der Waals surface area (Å²) >= 11 is 2.66. The predicted octanol–water partition coefficient (Wildman–Crippen LogP) is 1.10. The summed E-state index contributed by atoms with van der Waals surface area (Å²) in [5, 5.41) is 24.1. The van der Waals surface area contributed by atoms with E-state index in [1.165, 1.54) is 39.3 Å². The largest absolute Gasteiger partial charge is 0.480 e. The number of rotatable bonds is 10. The molecule has 6 rings (SSSR count). The number of fused-ring (bicyclic) bond motifs is 2. The van der Waals surface area contributed by atoms with Crippen molar-refractivity contribution in [2.24, 2.45) is 13.0 Å². The third-order valence-electron chi connectivity index (χ3n) is 7.82. The fourth-order valence-electron chi connectivity index (χ4n) is 5.53. The fraction of sp³-hybridized carbons (Fsp3) is 0.345. The van der Waals surface area contributed by atoms with Gasteiger partial charge in [-0.05, 0) is 29.5 Å². The highest BCUT2D eigenvalue weighted by Gasteiger charge is 2.58. The molecule has 2 saturated heterocycles. The SMILES string of the molecule is CCn1cc(C(=O)OC(C(=O)NC2C(=O)N3C2SCC(CSc2nnnn2C)C3C(=O)O)c2ccccc2)c(=O)c2cccnc21. The molecule has 5 atom stereocenters. The van der Waals surface area contributed by atoms with Crippen molar-refractivity contribution in [2.45, 2.75) is 42.2 Å². The van der Waals surface area contributed by atoms with Crippen LogP contribution >= 0.6 is 23.5 Å². The van der Waals surface area contributed by atoms with Crippen molar-refractivity contribution in [2.75, 3.05) is 11.5 Å². The lowest BCUT2D eigenvalue weighted by molar-refractivity contribution is -0.165. The number of tetrazole rings is 1. The third kappa shape index (κ3) is 5.71. The summed E-state index contributed by atoms with van der Waals surface area (Å²) in [6, 6.07) is 9.24. The smallest absolute Gasteiger partial charge is 0.344 e. The molecule has 2 amide bonds. The number of benzene rings is 1. The van der Waals surface area contributed by atoms with E-state index in [1.807, 2.05) is 6.92 Å². The van der Waals surface area contributed by atoms with Crippen LogP contribution < -0.4 is 10.7 Å². The Labute approximate surface area is 269 Å². The van der Waals surface area contributed by atoms with E-state index in [1.54, 1.807) is 60.3 Å². The molecule has 46 heavy (non-hydrogen) atoms. The van der Waals surface area contributed by atoms with Gasteiger partial charge in [0.25, 0.3) is 5.91 Å². The summed E-state index contributed by atoms with van der Waals surface area (Å²) in [4.78, 5) is 71.6. The molecule has 0 radical (unpaired) electrons. The van der Waals surface area contributed by atoms with E-state index in [-0.39, 0.29) is 10.9 Å². The lowest BCUT2D eigenvalue weighted by Gasteiger charge is -2.54. The number of amides is 2. The molecule has 5 heterocycles. The van der Waals surface area contributed by atoms with E-state index < -0.39 is 58.7 Å². The molecule has 2 aliphatic heterocycles. The highest BCUT2D eigenvalue weighted by atomic mass is 32.2. The number of carboxylic acids is 1. The number of carbonyl (C=O) groups excluding carboxylic acids is 3. The molecule has 3 aromatic heterocycles. The Morgan fingerprint density at radius 1 is 1.17 bits per heavy atom. The topological polar surface area (TPSA) is 192 Å². The van der Waals surface area contributed by atoms with E-state index in [4.69, 9.17) is 4.74 Å². The Balaban J connectivity index is 1.20. The summed E-state index contributed by atoms with van der Waals surface area (Å²) in [6.07, 6.45) is 1.40. The molecule has 0 bridgehead atoms. The summed E-state index contributed by atoms with van der Waals surface area (Å²) in [7, 11) is 1.68. The van der Waals surface area contributed by atoms with Crippen LogP contribution in [0.3, 0.4) is 0 Å². The number of nitrogens with one attached hydrogen (secondary N) is 1. The molecule has 1 aromatic carbocycles. The van der Waals surface area contributed by atoms with Crippen LogP contribution in [0.4, 0.5) is 0 Å². The van der Waals surface area contributed by atoms with E-state index in [0.717, 1.165) is 0 Å². The number of pyridine rings is 2. The third-order valence-corrected chi connectivity index (χ3v) is 10.5. The molecule has 15 nitrogen and oxygen atoms in total. The number of esters is 1. The van der Waals surface area contributed by atoms with Crippen LogP contribution in [0, 0.1) is 5.92 Å². The zero-order valence-electron chi connectivity index (χ0n) is 24.5. The normalized spacial score (nSPS) is 21.3. The van der Waals surface area contributed by atoms with Crippen LogP contribution in [0.5, 0.6) is 0 Å². The average Bonchev–Trinajstić information content (AvgIpc) is 3.49. The minimum Gasteiger partial charge on any atom is -0.480 e. The average molecular weight is 665 g/mol. The number of carboxylic acid groups (broad SMARTS) is 1. The van der Waals surface area contributed by atoms with E-state index in [9.17, 15) is 29.1 Å². The number of carbonyl (C=O) groups is 4. The molecule has 0 saturated carbocycles. The van der Waals surface area contributed by atoms with Crippen molar-refractivity contribution in [1.82, 2.24) is 40.0 Å². The van der Waals surface area contributed by atoms with Gasteiger partial charge in [-0.25, -0.2) is 19.3 Å². The molecular formula is C29H28N8O7S2. The molecule has 2 fully saturated rings.